The summed E-state index contributed by atoms with van der Waals surface area (Å²) in [7, 11) is 0. The van der Waals surface area contributed by atoms with Crippen LogP contribution in [0.2, 0.25) is 0 Å². The van der Waals surface area contributed by atoms with E-state index in [4.69, 9.17) is 0 Å². The van der Waals surface area contributed by atoms with Gasteiger partial charge in [0.25, 0.3) is 0 Å². The van der Waals surface area contributed by atoms with Crippen molar-refractivity contribution in [1.82, 2.24) is 20.5 Å². The predicted molar refractivity (Wildman–Crippen MR) is 138 cm³/mol. The summed E-state index contributed by atoms with van der Waals surface area (Å²) in [6.45, 7) is 6.95. The van der Waals surface area contributed by atoms with Crippen LogP contribution in [0.15, 0.2) is 48.8 Å². The molecule has 0 bridgehead atoms. The molecule has 36 heavy (non-hydrogen) atoms. The smallest absolute Gasteiger partial charge is 0.242 e. The van der Waals surface area contributed by atoms with Crippen LogP contribution < -0.4 is 10.6 Å². The number of aromatic amines is 1. The van der Waals surface area contributed by atoms with Gasteiger partial charge in [-0.2, -0.15) is 0 Å². The van der Waals surface area contributed by atoms with Gasteiger partial charge in [0.2, 0.25) is 5.95 Å². The van der Waals surface area contributed by atoms with E-state index in [1.165, 1.54) is 36.0 Å². The number of nitrogens with zero attached hydrogens (tertiary/aromatic N) is 2. The molecule has 0 radical (unpaired) electrons. The number of rotatable bonds is 9. The highest BCUT2D eigenvalue weighted by Crippen LogP contribution is 2.38. The van der Waals surface area contributed by atoms with Gasteiger partial charge in [0.15, 0.2) is 0 Å². The van der Waals surface area contributed by atoms with Crippen LogP contribution in [-0.2, 0) is 17.4 Å². The summed E-state index contributed by atoms with van der Waals surface area (Å²) in [4.78, 5) is 4.10. The summed E-state index contributed by atoms with van der Waals surface area (Å²) in [6.07, 6.45) is 6.19. The molecule has 1 saturated carbocycles. The molecule has 2 aromatic carbocycles. The molecule has 0 spiro atoms. The van der Waals surface area contributed by atoms with Crippen molar-refractivity contribution in [2.45, 2.75) is 82.4 Å². The predicted octanol–water partition coefficient (Wildman–Crippen LogP) is 5.21. The van der Waals surface area contributed by atoms with Crippen molar-refractivity contribution in [1.29, 1.82) is 0 Å². The zero-order valence-electron chi connectivity index (χ0n) is 21.3. The van der Waals surface area contributed by atoms with Gasteiger partial charge in [0.05, 0.1) is 12.1 Å². The first-order chi connectivity index (χ1) is 17.1. The summed E-state index contributed by atoms with van der Waals surface area (Å²) < 4.78 is 27.7. The average Bonchev–Trinajstić information content (AvgIpc) is 3.35. The molecule has 3 aromatic rings. The van der Waals surface area contributed by atoms with Crippen LogP contribution in [0.1, 0.15) is 69.6 Å². The van der Waals surface area contributed by atoms with Crippen LogP contribution in [0.25, 0.3) is 0 Å². The molecule has 6 nitrogen and oxygen atoms in total. The summed E-state index contributed by atoms with van der Waals surface area (Å²) in [5.41, 5.74) is 2.78. The molecule has 1 heterocycles. The number of nitrogens with one attached hydrogen (secondary N) is 3. The minimum absolute atomic E-state index is 0.0389. The van der Waals surface area contributed by atoms with Gasteiger partial charge in [-0.1, -0.05) is 64.3 Å². The van der Waals surface area contributed by atoms with E-state index < -0.39 is 23.8 Å². The summed E-state index contributed by atoms with van der Waals surface area (Å²) >= 11 is 0. The Morgan fingerprint density at radius 2 is 1.78 bits per heavy atom. The molecule has 1 fully saturated rings. The van der Waals surface area contributed by atoms with Gasteiger partial charge < -0.3 is 15.7 Å². The first-order valence-electron chi connectivity index (χ1n) is 12.8. The third kappa shape index (κ3) is 6.48. The highest BCUT2D eigenvalue weighted by Gasteiger charge is 2.35. The van der Waals surface area contributed by atoms with Crippen molar-refractivity contribution in [3.63, 3.8) is 0 Å². The van der Waals surface area contributed by atoms with Crippen LogP contribution in [-0.4, -0.2) is 39.0 Å². The normalized spacial score (nSPS) is 17.5. The molecule has 1 aromatic heterocycles. The quantitative estimate of drug-likeness (QED) is 0.326. The number of H-pyrrole nitrogens is 1. The Bertz CT molecular complexity index is 1100. The highest BCUT2D eigenvalue weighted by molar-refractivity contribution is 5.34. The van der Waals surface area contributed by atoms with E-state index in [9.17, 15) is 13.9 Å². The average molecular weight is 498 g/mol. The number of halogens is 2. The minimum atomic E-state index is -0.862. The van der Waals surface area contributed by atoms with Gasteiger partial charge in [0, 0.05) is 18.2 Å². The summed E-state index contributed by atoms with van der Waals surface area (Å²) in [6, 6.07) is 11.6. The fourth-order valence-electron chi connectivity index (χ4n) is 5.16. The third-order valence-corrected chi connectivity index (χ3v) is 7.21. The first kappa shape index (κ1) is 26.2. The maximum absolute atomic E-state index is 13.8. The van der Waals surface area contributed by atoms with Gasteiger partial charge >= 0.3 is 0 Å². The van der Waals surface area contributed by atoms with E-state index in [1.54, 1.807) is 0 Å². The zero-order chi connectivity index (χ0) is 25.8. The van der Waals surface area contributed by atoms with Crippen LogP contribution in [0.4, 0.5) is 14.7 Å². The minimum Gasteiger partial charge on any atom is -0.390 e. The highest BCUT2D eigenvalue weighted by atomic mass is 19.1. The van der Waals surface area contributed by atoms with E-state index in [0.29, 0.717) is 18.1 Å². The Kier molecular flexibility index (Phi) is 8.05. The van der Waals surface area contributed by atoms with Crippen molar-refractivity contribution in [3.05, 3.63) is 77.1 Å². The van der Waals surface area contributed by atoms with Crippen molar-refractivity contribution in [2.24, 2.45) is 0 Å². The molecule has 1 aliphatic carbocycles. The molecule has 4 rings (SSSR count). The lowest BCUT2D eigenvalue weighted by atomic mass is 9.74. The second-order valence-electron chi connectivity index (χ2n) is 11.0. The summed E-state index contributed by atoms with van der Waals surface area (Å²) in [5, 5.41) is 24.8. The van der Waals surface area contributed by atoms with Gasteiger partial charge in [-0.3, -0.25) is 5.10 Å². The Morgan fingerprint density at radius 3 is 2.42 bits per heavy atom. The maximum atomic E-state index is 13.8. The second-order valence-corrected chi connectivity index (χ2v) is 11.0. The Labute approximate surface area is 211 Å². The molecule has 0 aliphatic heterocycles. The Morgan fingerprint density at radius 1 is 1.06 bits per heavy atom. The fraction of sp³-hybridized carbons (Fsp3) is 0.500. The Hall–Kier alpha value is -2.84. The number of hydrogen-bond acceptors (Lipinski definition) is 5. The van der Waals surface area contributed by atoms with Crippen molar-refractivity contribution in [3.8, 4) is 0 Å². The molecule has 1 aliphatic rings. The van der Waals surface area contributed by atoms with Gasteiger partial charge in [0.1, 0.15) is 18.0 Å². The van der Waals surface area contributed by atoms with E-state index >= 15 is 0 Å². The molecule has 0 amide bonds. The molecule has 2 unspecified atom stereocenters. The van der Waals surface area contributed by atoms with E-state index in [1.807, 2.05) is 0 Å². The molecular weight excluding hydrogens is 460 g/mol. The van der Waals surface area contributed by atoms with Crippen LogP contribution in [0.3, 0.4) is 0 Å². The molecule has 194 valence electrons. The van der Waals surface area contributed by atoms with E-state index in [0.717, 1.165) is 31.7 Å². The topological polar surface area (TPSA) is 85.9 Å². The lowest BCUT2D eigenvalue weighted by Gasteiger charge is -2.41. The zero-order valence-corrected chi connectivity index (χ0v) is 21.3. The van der Waals surface area contributed by atoms with Crippen molar-refractivity contribution in [2.75, 3.05) is 11.9 Å². The number of aliphatic hydroxyl groups excluding tert-OH is 1. The molecule has 4 N–H and O–H groups in total. The van der Waals surface area contributed by atoms with Crippen LogP contribution in [0.5, 0.6) is 0 Å². The lowest BCUT2D eigenvalue weighted by Crippen LogP contribution is -2.51. The van der Waals surface area contributed by atoms with Gasteiger partial charge in [-0.15, -0.1) is 5.10 Å². The van der Waals surface area contributed by atoms with Crippen molar-refractivity contribution < 1.29 is 13.9 Å². The second kappa shape index (κ2) is 11.0. The summed E-state index contributed by atoms with van der Waals surface area (Å²) in [5.74, 6) is -0.968. The van der Waals surface area contributed by atoms with Crippen molar-refractivity contribution >= 4 is 5.95 Å². The number of benzene rings is 2. The number of aliphatic hydroxyl groups is 1. The molecule has 2 atom stereocenters. The molecule has 0 saturated heterocycles. The number of anilines is 1. The fourth-order valence-corrected chi connectivity index (χ4v) is 5.16. The maximum Gasteiger partial charge on any atom is 0.242 e. The largest absolute Gasteiger partial charge is 0.390 e. The first-order valence-corrected chi connectivity index (χ1v) is 12.8. The van der Waals surface area contributed by atoms with E-state index in [-0.39, 0.29) is 17.4 Å². The number of hydrogen-bond donors (Lipinski definition) is 4. The lowest BCUT2D eigenvalue weighted by molar-refractivity contribution is 0.122. The number of aromatic nitrogens is 3. The van der Waals surface area contributed by atoms with Gasteiger partial charge in [-0.05, 0) is 53.5 Å². The monoisotopic (exact) mass is 497 g/mol. The standard InChI is InChI=1S/C28H37F2N5O/c1-27(2,3)20-8-7-9-21(15-20)28(10-5-4-6-11-28)32-17-25(36)24(34-26-31-18-33-35-26)14-19-12-22(29)16-23(30)13-19/h7-9,12-13,15-16,18,24-25,32,36H,4-6,10-11,14,17H2,1-3H3,(H2,31,33,34,35). The SMILES string of the molecule is CC(C)(C)c1cccc(C2(NCC(O)C(Cc3cc(F)cc(F)c3)Nc3nc[nH]n3)CCCCC2)c1. The van der Waals surface area contributed by atoms with Crippen LogP contribution >= 0.6 is 0 Å². The van der Waals surface area contributed by atoms with Gasteiger partial charge in [-0.25, -0.2) is 13.8 Å². The molecule has 8 heteroatoms. The molecular formula is C28H37F2N5O. The Balaban J connectivity index is 1.55. The third-order valence-electron chi connectivity index (χ3n) is 7.21. The van der Waals surface area contributed by atoms with Crippen LogP contribution in [0, 0.1) is 11.6 Å². The van der Waals surface area contributed by atoms with E-state index in [2.05, 4.69) is 70.9 Å².